The van der Waals surface area contributed by atoms with Gasteiger partial charge in [-0.1, -0.05) is 0 Å². The second-order valence-electron chi connectivity index (χ2n) is 2.82. The quantitative estimate of drug-likeness (QED) is 0.264. The van der Waals surface area contributed by atoms with Crippen LogP contribution >= 0.6 is 0 Å². The van der Waals surface area contributed by atoms with Crippen molar-refractivity contribution in [2.75, 3.05) is 6.61 Å². The lowest BCUT2D eigenvalue weighted by Crippen LogP contribution is -2.13. The molecular weight excluding hydrogens is 308 g/mol. The minimum absolute atomic E-state index is 0.250. The van der Waals surface area contributed by atoms with Gasteiger partial charge in [0.25, 0.3) is 12.4 Å². The van der Waals surface area contributed by atoms with Crippen LogP contribution in [0.1, 0.15) is 27.7 Å². The Morgan fingerprint density at radius 3 is 1.14 bits per heavy atom. The molecule has 0 aromatic carbocycles. The van der Waals surface area contributed by atoms with E-state index in [-0.39, 0.29) is 13.1 Å². The molecule has 22 heavy (non-hydrogen) atoms. The van der Waals surface area contributed by atoms with Crippen LogP contribution in [0.4, 0.5) is 0 Å². The maximum Gasteiger partial charge on any atom is 0.371 e. The molecule has 0 aliphatic heterocycles. The van der Waals surface area contributed by atoms with Crippen LogP contribution < -0.4 is 0 Å². The van der Waals surface area contributed by atoms with Crippen LogP contribution in [0.2, 0.25) is 0 Å². The van der Waals surface area contributed by atoms with Gasteiger partial charge in [-0.15, -0.1) is 0 Å². The van der Waals surface area contributed by atoms with E-state index >= 15 is 0 Å². The number of rotatable bonds is 2. The van der Waals surface area contributed by atoms with E-state index in [1.807, 2.05) is 0 Å². The van der Waals surface area contributed by atoms with Crippen LogP contribution in [-0.2, 0) is 24.0 Å². The summed E-state index contributed by atoms with van der Waals surface area (Å²) >= 11 is 0. The number of carbonyl (C=O) groups is 5. The summed E-state index contributed by atoms with van der Waals surface area (Å²) in [5.74, 6) is -4.22. The van der Waals surface area contributed by atoms with Crippen molar-refractivity contribution >= 4 is 30.2 Å². The van der Waals surface area contributed by atoms with Crippen LogP contribution in [0.25, 0.3) is 0 Å². The molecule has 0 aromatic rings. The van der Waals surface area contributed by atoms with Crippen molar-refractivity contribution in [3.8, 4) is 0 Å². The summed E-state index contributed by atoms with van der Waals surface area (Å²) in [6, 6.07) is 0. The van der Waals surface area contributed by atoms with Crippen LogP contribution in [0.15, 0.2) is 0 Å². The summed E-state index contributed by atoms with van der Waals surface area (Å²) in [7, 11) is 0. The third kappa shape index (κ3) is 158. The van der Waals surface area contributed by atoms with Gasteiger partial charge in [0.1, 0.15) is 6.10 Å². The lowest BCUT2D eigenvalue weighted by Gasteiger charge is -1.89. The molecule has 0 aliphatic rings. The van der Waals surface area contributed by atoms with Crippen molar-refractivity contribution in [1.82, 2.24) is 0 Å². The maximum absolute atomic E-state index is 9.54. The van der Waals surface area contributed by atoms with Gasteiger partial charge in [-0.05, 0) is 13.8 Å². The molecule has 0 rings (SSSR count). The minimum atomic E-state index is -1.38. The molecule has 0 aromatic heterocycles. The highest BCUT2D eigenvalue weighted by Gasteiger charge is 2.01. The standard InChI is InChI=1S/C3H6O3.C3H4O3.C2H4O2.C2H6O.CH2O2/c2*1-2(4)3(5)6;1-2(3)4;1-2-3;2-1-3/h2,4H,1H3,(H,5,6);1H3,(H,5,6);1H3,(H,3,4);3H,2H2,1H3;1H,(H,2,3). The summed E-state index contributed by atoms with van der Waals surface area (Å²) in [5, 5.41) is 45.3. The first kappa shape index (κ1) is 31.7. The SMILES string of the molecule is CC(=O)C(=O)O.CC(=O)O.CC(O)C(=O)O.CCO.O=CO. The summed E-state index contributed by atoms with van der Waals surface area (Å²) in [5.41, 5.74) is 0. The molecule has 0 radical (unpaired) electrons. The van der Waals surface area contributed by atoms with Gasteiger partial charge in [0.15, 0.2) is 0 Å². The van der Waals surface area contributed by atoms with Crippen molar-refractivity contribution in [3.63, 3.8) is 0 Å². The zero-order chi connectivity index (χ0) is 19.3. The molecule has 0 fully saturated rings. The molecule has 132 valence electrons. The van der Waals surface area contributed by atoms with Gasteiger partial charge < -0.3 is 30.6 Å². The molecular formula is C11H22O11. The Labute approximate surface area is 126 Å². The Hall–Kier alpha value is -2.53. The van der Waals surface area contributed by atoms with Crippen LogP contribution in [0, 0.1) is 0 Å². The van der Waals surface area contributed by atoms with Crippen molar-refractivity contribution in [1.29, 1.82) is 0 Å². The fourth-order valence-electron chi connectivity index (χ4n) is 0. The molecule has 0 saturated heterocycles. The first-order valence-corrected chi connectivity index (χ1v) is 5.38. The molecule has 0 spiro atoms. The number of carboxylic acids is 3. The normalized spacial score (nSPS) is 8.27. The molecule has 6 N–H and O–H groups in total. The Morgan fingerprint density at radius 1 is 1.05 bits per heavy atom. The number of hydrogen-bond donors (Lipinski definition) is 6. The number of aliphatic carboxylic acids is 3. The Bertz CT molecular complexity index is 293. The van der Waals surface area contributed by atoms with Crippen molar-refractivity contribution in [2.45, 2.75) is 33.8 Å². The first-order chi connectivity index (χ1) is 9.85. The Morgan fingerprint density at radius 2 is 1.14 bits per heavy atom. The lowest BCUT2D eigenvalue weighted by atomic mass is 10.4. The van der Waals surface area contributed by atoms with E-state index in [1.165, 1.54) is 6.92 Å². The second kappa shape index (κ2) is 26.9. The van der Waals surface area contributed by atoms with Crippen molar-refractivity contribution < 1.29 is 54.6 Å². The number of aliphatic hydroxyl groups is 2. The van der Waals surface area contributed by atoms with Crippen LogP contribution in [0.5, 0.6) is 0 Å². The predicted molar refractivity (Wildman–Crippen MR) is 72.4 cm³/mol. The molecule has 1 unspecified atom stereocenters. The van der Waals surface area contributed by atoms with E-state index in [4.69, 9.17) is 40.2 Å². The number of ketones is 1. The van der Waals surface area contributed by atoms with Gasteiger partial charge >= 0.3 is 11.9 Å². The fraction of sp³-hybridized carbons (Fsp3) is 0.545. The Kier molecular flexibility index (Phi) is 38.8. The van der Waals surface area contributed by atoms with E-state index in [0.29, 0.717) is 0 Å². The minimum Gasteiger partial charge on any atom is -0.483 e. The summed E-state index contributed by atoms with van der Waals surface area (Å²) in [6.07, 6.45) is -1.23. The lowest BCUT2D eigenvalue weighted by molar-refractivity contribution is -0.148. The maximum atomic E-state index is 9.54. The highest BCUT2D eigenvalue weighted by molar-refractivity contribution is 6.31. The highest BCUT2D eigenvalue weighted by atomic mass is 16.4. The van der Waals surface area contributed by atoms with Crippen molar-refractivity contribution in [3.05, 3.63) is 0 Å². The number of aliphatic hydroxyl groups excluding tert-OH is 2. The molecule has 0 saturated carbocycles. The molecule has 11 nitrogen and oxygen atoms in total. The average Bonchev–Trinajstić information content (AvgIpc) is 2.30. The molecule has 1 atom stereocenters. The second-order valence-corrected chi connectivity index (χ2v) is 2.82. The highest BCUT2D eigenvalue weighted by Crippen LogP contribution is 1.73. The van der Waals surface area contributed by atoms with E-state index < -0.39 is 29.8 Å². The third-order valence-electron chi connectivity index (χ3n) is 0.659. The predicted octanol–water partition coefficient (Wildman–Crippen LogP) is -1.10. The largest absolute Gasteiger partial charge is 0.483 e. The molecule has 0 aliphatic carbocycles. The summed E-state index contributed by atoms with van der Waals surface area (Å²) in [4.78, 5) is 45.7. The molecule has 11 heteroatoms. The molecule has 0 amide bonds. The van der Waals surface area contributed by atoms with Crippen LogP contribution in [-0.4, -0.2) is 73.5 Å². The molecule has 0 heterocycles. The number of Topliss-reactive ketones (excluding diaryl/α,β-unsaturated/α-hetero) is 1. The smallest absolute Gasteiger partial charge is 0.371 e. The van der Waals surface area contributed by atoms with Gasteiger partial charge in [0, 0.05) is 20.5 Å². The van der Waals surface area contributed by atoms with Gasteiger partial charge in [-0.3, -0.25) is 14.4 Å². The third-order valence-corrected chi connectivity index (χ3v) is 0.659. The van der Waals surface area contributed by atoms with Crippen LogP contribution in [0.3, 0.4) is 0 Å². The van der Waals surface area contributed by atoms with Gasteiger partial charge in [-0.25, -0.2) is 9.59 Å². The number of carboxylic acid groups (broad SMARTS) is 4. The summed E-state index contributed by atoms with van der Waals surface area (Å²) < 4.78 is 0. The molecule has 0 bridgehead atoms. The van der Waals surface area contributed by atoms with E-state index in [9.17, 15) is 14.4 Å². The van der Waals surface area contributed by atoms with Gasteiger partial charge in [-0.2, -0.15) is 0 Å². The Balaban J connectivity index is -0.0000000568. The topological polar surface area (TPSA) is 207 Å². The van der Waals surface area contributed by atoms with E-state index in [0.717, 1.165) is 13.8 Å². The van der Waals surface area contributed by atoms with E-state index in [1.54, 1.807) is 6.92 Å². The fourth-order valence-corrected chi connectivity index (χ4v) is 0. The summed E-state index contributed by atoms with van der Waals surface area (Å²) in [6.45, 7) is 4.96. The van der Waals surface area contributed by atoms with Crippen molar-refractivity contribution in [2.24, 2.45) is 0 Å². The zero-order valence-electron chi connectivity index (χ0n) is 12.6. The zero-order valence-corrected chi connectivity index (χ0v) is 12.6. The van der Waals surface area contributed by atoms with E-state index in [2.05, 4.69) is 0 Å². The number of hydrogen-bond acceptors (Lipinski definition) is 7. The number of carbonyl (C=O) groups excluding carboxylic acids is 1. The first-order valence-electron chi connectivity index (χ1n) is 5.38. The van der Waals surface area contributed by atoms with Gasteiger partial charge in [0.05, 0.1) is 0 Å². The monoisotopic (exact) mass is 330 g/mol. The van der Waals surface area contributed by atoms with Gasteiger partial charge in [0.2, 0.25) is 5.78 Å². The average molecular weight is 330 g/mol.